The number of nitrogens with two attached hydrogens (primary N) is 1. The summed E-state index contributed by atoms with van der Waals surface area (Å²) in [6, 6.07) is 10.8. The molecule has 5 nitrogen and oxygen atoms in total. The number of nitrogens with zero attached hydrogens (tertiary/aromatic N) is 1. The highest BCUT2D eigenvalue weighted by atomic mass is 35.5. The first-order chi connectivity index (χ1) is 9.90. The van der Waals surface area contributed by atoms with Crippen LogP contribution in [0.25, 0.3) is 0 Å². The molecule has 2 aromatic rings. The fraction of sp³-hybridized carbons (Fsp3) is 0.0667. The minimum Gasteiger partial charge on any atom is -0.478 e. The van der Waals surface area contributed by atoms with Crippen LogP contribution in [-0.4, -0.2) is 24.0 Å². The van der Waals surface area contributed by atoms with Gasteiger partial charge in [0.05, 0.1) is 16.9 Å². The quantitative estimate of drug-likeness (QED) is 0.854. The van der Waals surface area contributed by atoms with Crippen LogP contribution in [0.5, 0.6) is 0 Å². The molecular weight excluding hydrogens is 292 g/mol. The molecule has 6 heteroatoms. The summed E-state index contributed by atoms with van der Waals surface area (Å²) in [4.78, 5) is 24.6. The smallest absolute Gasteiger partial charge is 0.335 e. The molecule has 0 aliphatic carbocycles. The number of carboxylic acids is 1. The zero-order valence-electron chi connectivity index (χ0n) is 11.2. The zero-order valence-corrected chi connectivity index (χ0v) is 12.0. The van der Waals surface area contributed by atoms with Gasteiger partial charge in [0.25, 0.3) is 5.91 Å². The molecule has 21 heavy (non-hydrogen) atoms. The van der Waals surface area contributed by atoms with Gasteiger partial charge in [-0.2, -0.15) is 0 Å². The third-order valence-corrected chi connectivity index (χ3v) is 3.25. The van der Waals surface area contributed by atoms with E-state index in [1.54, 1.807) is 31.3 Å². The normalized spacial score (nSPS) is 10.2. The molecule has 108 valence electrons. The van der Waals surface area contributed by atoms with E-state index in [-0.39, 0.29) is 17.2 Å². The number of aromatic carboxylic acids is 1. The van der Waals surface area contributed by atoms with Crippen LogP contribution < -0.4 is 10.6 Å². The van der Waals surface area contributed by atoms with Gasteiger partial charge in [0.1, 0.15) is 0 Å². The fourth-order valence-electron chi connectivity index (χ4n) is 1.92. The van der Waals surface area contributed by atoms with E-state index in [0.29, 0.717) is 16.3 Å². The van der Waals surface area contributed by atoms with Crippen molar-refractivity contribution < 1.29 is 14.7 Å². The Morgan fingerprint density at radius 3 is 2.43 bits per heavy atom. The van der Waals surface area contributed by atoms with Crippen LogP contribution in [0.15, 0.2) is 42.5 Å². The standard InChI is InChI=1S/C15H13ClN2O3/c1-18(14(19)9-3-2-4-11(16)7-9)13-6-5-10(15(20)21)8-12(13)17/h2-8H,17H2,1H3,(H,20,21). The maximum Gasteiger partial charge on any atom is 0.335 e. The van der Waals surface area contributed by atoms with E-state index in [9.17, 15) is 9.59 Å². The van der Waals surface area contributed by atoms with Crippen LogP contribution in [0.4, 0.5) is 11.4 Å². The summed E-state index contributed by atoms with van der Waals surface area (Å²) in [5.41, 5.74) is 6.97. The summed E-state index contributed by atoms with van der Waals surface area (Å²) in [5, 5.41) is 9.37. The molecule has 0 aliphatic rings. The highest BCUT2D eigenvalue weighted by Crippen LogP contribution is 2.25. The number of rotatable bonds is 3. The summed E-state index contributed by atoms with van der Waals surface area (Å²) < 4.78 is 0. The Bertz CT molecular complexity index is 716. The topological polar surface area (TPSA) is 83.6 Å². The first kappa shape index (κ1) is 14.9. The molecule has 2 aromatic carbocycles. The molecule has 0 saturated heterocycles. The van der Waals surface area contributed by atoms with E-state index in [4.69, 9.17) is 22.4 Å². The van der Waals surface area contributed by atoms with E-state index in [1.807, 2.05) is 0 Å². The van der Waals surface area contributed by atoms with Crippen molar-refractivity contribution in [3.8, 4) is 0 Å². The third-order valence-electron chi connectivity index (χ3n) is 3.01. The number of nitrogen functional groups attached to an aromatic ring is 1. The lowest BCUT2D eigenvalue weighted by Gasteiger charge is -2.19. The van der Waals surface area contributed by atoms with Crippen molar-refractivity contribution >= 4 is 34.9 Å². The van der Waals surface area contributed by atoms with Gasteiger partial charge in [0.2, 0.25) is 0 Å². The van der Waals surface area contributed by atoms with Crippen molar-refractivity contribution in [3.63, 3.8) is 0 Å². The van der Waals surface area contributed by atoms with Gasteiger partial charge in [0.15, 0.2) is 0 Å². The Kier molecular flexibility index (Phi) is 4.14. The molecule has 0 spiro atoms. The lowest BCUT2D eigenvalue weighted by molar-refractivity contribution is 0.0697. The maximum absolute atomic E-state index is 12.4. The number of carboxylic acid groups (broad SMARTS) is 1. The predicted molar refractivity (Wildman–Crippen MR) is 82.0 cm³/mol. The molecule has 0 atom stereocenters. The van der Waals surface area contributed by atoms with Crippen molar-refractivity contribution in [1.82, 2.24) is 0 Å². The van der Waals surface area contributed by atoms with Gasteiger partial charge in [-0.3, -0.25) is 4.79 Å². The number of halogens is 1. The van der Waals surface area contributed by atoms with Crippen LogP contribution in [-0.2, 0) is 0 Å². The van der Waals surface area contributed by atoms with Crippen molar-refractivity contribution in [2.45, 2.75) is 0 Å². The van der Waals surface area contributed by atoms with Gasteiger partial charge in [0, 0.05) is 17.6 Å². The summed E-state index contributed by atoms with van der Waals surface area (Å²) in [6.45, 7) is 0. The van der Waals surface area contributed by atoms with E-state index >= 15 is 0 Å². The van der Waals surface area contributed by atoms with Gasteiger partial charge in [-0.25, -0.2) is 4.79 Å². The number of carbonyl (C=O) groups is 2. The first-order valence-electron chi connectivity index (χ1n) is 6.06. The fourth-order valence-corrected chi connectivity index (χ4v) is 2.11. The Morgan fingerprint density at radius 1 is 1.14 bits per heavy atom. The second-order valence-corrected chi connectivity index (χ2v) is 4.89. The van der Waals surface area contributed by atoms with Crippen LogP contribution in [0.3, 0.4) is 0 Å². The molecule has 0 bridgehead atoms. The van der Waals surface area contributed by atoms with Crippen molar-refractivity contribution in [2.75, 3.05) is 17.7 Å². The molecule has 0 fully saturated rings. The van der Waals surface area contributed by atoms with E-state index in [2.05, 4.69) is 0 Å². The van der Waals surface area contributed by atoms with Crippen molar-refractivity contribution in [3.05, 3.63) is 58.6 Å². The molecular formula is C15H13ClN2O3. The summed E-state index contributed by atoms with van der Waals surface area (Å²) >= 11 is 5.87. The van der Waals surface area contributed by atoms with Crippen LogP contribution in [0, 0.1) is 0 Å². The Hall–Kier alpha value is -2.53. The van der Waals surface area contributed by atoms with E-state index < -0.39 is 5.97 Å². The number of amides is 1. The second kappa shape index (κ2) is 5.85. The van der Waals surface area contributed by atoms with Crippen LogP contribution in [0.2, 0.25) is 5.02 Å². The summed E-state index contributed by atoms with van der Waals surface area (Å²) in [5.74, 6) is -1.36. The second-order valence-electron chi connectivity index (χ2n) is 4.45. The molecule has 0 unspecified atom stereocenters. The van der Waals surface area contributed by atoms with Gasteiger partial charge < -0.3 is 15.7 Å². The Balaban J connectivity index is 2.33. The molecule has 1 amide bonds. The van der Waals surface area contributed by atoms with Gasteiger partial charge in [-0.05, 0) is 36.4 Å². The SMILES string of the molecule is CN(C(=O)c1cccc(Cl)c1)c1ccc(C(=O)O)cc1N. The first-order valence-corrected chi connectivity index (χ1v) is 6.44. The predicted octanol–water partition coefficient (Wildman–Crippen LogP) is 2.90. The van der Waals surface area contributed by atoms with Crippen molar-refractivity contribution in [2.24, 2.45) is 0 Å². The highest BCUT2D eigenvalue weighted by Gasteiger charge is 2.17. The minimum absolute atomic E-state index is 0.0693. The molecule has 0 aliphatic heterocycles. The average Bonchev–Trinajstić information content (AvgIpc) is 2.45. The van der Waals surface area contributed by atoms with Gasteiger partial charge >= 0.3 is 5.97 Å². The molecule has 0 radical (unpaired) electrons. The molecule has 2 rings (SSSR count). The van der Waals surface area contributed by atoms with Crippen LogP contribution >= 0.6 is 11.6 Å². The van der Waals surface area contributed by atoms with Gasteiger partial charge in [-0.1, -0.05) is 17.7 Å². The van der Waals surface area contributed by atoms with E-state index in [0.717, 1.165) is 0 Å². The monoisotopic (exact) mass is 304 g/mol. The van der Waals surface area contributed by atoms with Gasteiger partial charge in [-0.15, -0.1) is 0 Å². The molecule has 3 N–H and O–H groups in total. The zero-order chi connectivity index (χ0) is 15.6. The summed E-state index contributed by atoms with van der Waals surface area (Å²) in [7, 11) is 1.56. The van der Waals surface area contributed by atoms with Crippen LogP contribution in [0.1, 0.15) is 20.7 Å². The molecule has 0 saturated carbocycles. The maximum atomic E-state index is 12.4. The third kappa shape index (κ3) is 3.14. The lowest BCUT2D eigenvalue weighted by Crippen LogP contribution is -2.27. The number of hydrogen-bond donors (Lipinski definition) is 2. The lowest BCUT2D eigenvalue weighted by atomic mass is 10.1. The number of carbonyl (C=O) groups excluding carboxylic acids is 1. The number of hydrogen-bond acceptors (Lipinski definition) is 3. The number of benzene rings is 2. The average molecular weight is 305 g/mol. The Morgan fingerprint density at radius 2 is 1.86 bits per heavy atom. The summed E-state index contributed by atoms with van der Waals surface area (Å²) in [6.07, 6.45) is 0. The largest absolute Gasteiger partial charge is 0.478 e. The molecule has 0 aromatic heterocycles. The number of anilines is 2. The highest BCUT2D eigenvalue weighted by molar-refractivity contribution is 6.31. The van der Waals surface area contributed by atoms with Crippen molar-refractivity contribution in [1.29, 1.82) is 0 Å². The van der Waals surface area contributed by atoms with E-state index in [1.165, 1.54) is 23.1 Å². The Labute approximate surface area is 126 Å². The minimum atomic E-state index is -1.07. The molecule has 0 heterocycles.